The van der Waals surface area contributed by atoms with Crippen molar-refractivity contribution >= 4 is 65.7 Å². The Morgan fingerprint density at radius 3 is 1.36 bits per heavy atom. The highest BCUT2D eigenvalue weighted by Gasteiger charge is 2.21. The van der Waals surface area contributed by atoms with Crippen molar-refractivity contribution in [2.75, 3.05) is 0 Å². The van der Waals surface area contributed by atoms with Gasteiger partial charge in [-0.1, -0.05) is 188 Å². The summed E-state index contributed by atoms with van der Waals surface area (Å²) >= 11 is 0. The van der Waals surface area contributed by atoms with Crippen LogP contribution in [0.2, 0.25) is 0 Å². The normalized spacial score (nSPS) is 11.7. The highest BCUT2D eigenvalue weighted by molar-refractivity contribution is 6.19. The first-order chi connectivity index (χ1) is 37.2. The fraction of sp³-hybridized carbons (Fsp3) is 0. The molecule has 0 aliphatic rings. The molecule has 0 saturated carbocycles. The Bertz CT molecular complexity index is 4650. The van der Waals surface area contributed by atoms with Crippen molar-refractivity contribution in [3.8, 4) is 84.4 Å². The van der Waals surface area contributed by atoms with Crippen LogP contribution in [0.3, 0.4) is 0 Å². The first kappa shape index (κ1) is 42.5. The standard InChI is InChI=1S/C69H42N4O2/c1-4-17-43(18-5-1)47-35-37-58-55(41-47)54-27-10-11-30-57(54)73(58)59-31-16-34-61-64(59)56-42-48(36-38-60(56)74-61)46-23-12-24-49(39-46)52-28-14-32-62-65(52)66-53(29-15-33-63(66)75-62)50-25-13-26-51(40-50)69-71-67(44-19-6-2-7-20-44)70-68(72-69)45-21-8-3-9-22-45/h1-42H. The molecule has 0 aliphatic heterocycles. The van der Waals surface area contributed by atoms with Crippen LogP contribution in [0.4, 0.5) is 0 Å². The molecule has 11 aromatic carbocycles. The third-order valence-corrected chi connectivity index (χ3v) is 14.7. The Hall–Kier alpha value is -10.2. The lowest BCUT2D eigenvalue weighted by molar-refractivity contribution is 0.668. The summed E-state index contributed by atoms with van der Waals surface area (Å²) in [6, 6.07) is 89.3. The molecule has 15 aromatic rings. The van der Waals surface area contributed by atoms with E-state index in [9.17, 15) is 0 Å². The van der Waals surface area contributed by atoms with Crippen molar-refractivity contribution in [2.45, 2.75) is 0 Å². The zero-order valence-corrected chi connectivity index (χ0v) is 40.4. The summed E-state index contributed by atoms with van der Waals surface area (Å²) in [6.07, 6.45) is 0. The van der Waals surface area contributed by atoms with Gasteiger partial charge in [-0.05, 0) is 111 Å². The number of hydrogen-bond donors (Lipinski definition) is 0. The van der Waals surface area contributed by atoms with Gasteiger partial charge in [-0.15, -0.1) is 0 Å². The molecule has 4 heterocycles. The molecule has 350 valence electrons. The lowest BCUT2D eigenvalue weighted by Gasteiger charge is -2.11. The van der Waals surface area contributed by atoms with Gasteiger partial charge in [0, 0.05) is 43.6 Å². The zero-order valence-electron chi connectivity index (χ0n) is 40.4. The van der Waals surface area contributed by atoms with Crippen LogP contribution in [0.15, 0.2) is 264 Å². The van der Waals surface area contributed by atoms with E-state index in [1.54, 1.807) is 0 Å². The summed E-state index contributed by atoms with van der Waals surface area (Å²) in [6.45, 7) is 0. The first-order valence-electron chi connectivity index (χ1n) is 25.2. The average Bonchev–Trinajstić information content (AvgIpc) is 4.23. The van der Waals surface area contributed by atoms with E-state index in [0.29, 0.717) is 17.5 Å². The number of aromatic nitrogens is 4. The van der Waals surface area contributed by atoms with E-state index < -0.39 is 0 Å². The van der Waals surface area contributed by atoms with Crippen molar-refractivity contribution in [3.05, 3.63) is 255 Å². The number of para-hydroxylation sites is 1. The average molecular weight is 959 g/mol. The molecule has 75 heavy (non-hydrogen) atoms. The molecule has 0 spiro atoms. The molecule has 0 fully saturated rings. The monoisotopic (exact) mass is 958 g/mol. The molecular formula is C69H42N4O2. The van der Waals surface area contributed by atoms with Crippen molar-refractivity contribution in [3.63, 3.8) is 0 Å². The van der Waals surface area contributed by atoms with Crippen LogP contribution in [0.25, 0.3) is 150 Å². The van der Waals surface area contributed by atoms with Crippen molar-refractivity contribution < 1.29 is 8.83 Å². The molecule has 0 atom stereocenters. The first-order valence-corrected chi connectivity index (χ1v) is 25.2. The summed E-state index contributed by atoms with van der Waals surface area (Å²) in [7, 11) is 0. The number of hydrogen-bond acceptors (Lipinski definition) is 5. The summed E-state index contributed by atoms with van der Waals surface area (Å²) in [4.78, 5) is 15.0. The van der Waals surface area contributed by atoms with Gasteiger partial charge >= 0.3 is 0 Å². The maximum atomic E-state index is 6.69. The topological polar surface area (TPSA) is 69.9 Å². The number of nitrogens with zero attached hydrogens (tertiary/aromatic N) is 4. The van der Waals surface area contributed by atoms with Gasteiger partial charge in [0.05, 0.1) is 22.1 Å². The molecule has 0 unspecified atom stereocenters. The van der Waals surface area contributed by atoms with E-state index in [4.69, 9.17) is 23.8 Å². The molecule has 0 saturated heterocycles. The third kappa shape index (κ3) is 7.14. The van der Waals surface area contributed by atoms with E-state index >= 15 is 0 Å². The lowest BCUT2D eigenvalue weighted by Crippen LogP contribution is -2.00. The molecule has 0 radical (unpaired) electrons. The Kier molecular flexibility index (Phi) is 9.78. The number of fused-ring (bicyclic) bond motifs is 9. The minimum atomic E-state index is 0.605. The van der Waals surface area contributed by atoms with Crippen LogP contribution in [0.1, 0.15) is 0 Å². The van der Waals surface area contributed by atoms with Gasteiger partial charge in [-0.2, -0.15) is 0 Å². The Morgan fingerprint density at radius 2 is 0.693 bits per heavy atom. The predicted octanol–water partition coefficient (Wildman–Crippen LogP) is 18.4. The summed E-state index contributed by atoms with van der Waals surface area (Å²) in [5.74, 6) is 1.85. The van der Waals surface area contributed by atoms with Crippen molar-refractivity contribution in [1.29, 1.82) is 0 Å². The quantitative estimate of drug-likeness (QED) is 0.152. The van der Waals surface area contributed by atoms with Crippen LogP contribution in [-0.2, 0) is 0 Å². The molecule has 15 rings (SSSR count). The predicted molar refractivity (Wildman–Crippen MR) is 307 cm³/mol. The lowest BCUT2D eigenvalue weighted by atomic mass is 9.92. The smallest absolute Gasteiger partial charge is 0.164 e. The van der Waals surface area contributed by atoms with Gasteiger partial charge in [0.15, 0.2) is 17.5 Å². The summed E-state index contributed by atoms with van der Waals surface area (Å²) < 4.78 is 15.7. The third-order valence-electron chi connectivity index (χ3n) is 14.7. The van der Waals surface area contributed by atoms with Crippen LogP contribution in [-0.4, -0.2) is 19.5 Å². The number of rotatable bonds is 8. The highest BCUT2D eigenvalue weighted by Crippen LogP contribution is 2.45. The molecule has 0 aliphatic carbocycles. The van der Waals surface area contributed by atoms with Gasteiger partial charge < -0.3 is 13.4 Å². The SMILES string of the molecule is c1ccc(-c2ccc3c(c2)c2ccccc2n3-c2cccc3oc4ccc(-c5cccc(-c6cccc7oc8cccc(-c9cccc(-c%10nc(-c%11ccccc%11)nc(-c%11ccccc%11)n%10)c9)c8c67)c5)cc4c23)cc1. The molecule has 0 N–H and O–H groups in total. The van der Waals surface area contributed by atoms with E-state index in [1.165, 1.54) is 21.9 Å². The molecule has 6 nitrogen and oxygen atoms in total. The van der Waals surface area contributed by atoms with E-state index in [-0.39, 0.29) is 0 Å². The van der Waals surface area contributed by atoms with Crippen LogP contribution >= 0.6 is 0 Å². The largest absolute Gasteiger partial charge is 0.456 e. The highest BCUT2D eigenvalue weighted by atomic mass is 16.3. The minimum absolute atomic E-state index is 0.605. The van der Waals surface area contributed by atoms with Crippen LogP contribution in [0, 0.1) is 0 Å². The van der Waals surface area contributed by atoms with Gasteiger partial charge in [0.1, 0.15) is 22.3 Å². The Labute approximate surface area is 431 Å². The van der Waals surface area contributed by atoms with E-state index in [1.807, 2.05) is 60.7 Å². The molecular weight excluding hydrogens is 917 g/mol. The molecule has 0 bridgehead atoms. The second-order valence-electron chi connectivity index (χ2n) is 19.1. The molecule has 0 amide bonds. The number of benzene rings is 11. The van der Waals surface area contributed by atoms with Crippen molar-refractivity contribution in [2.24, 2.45) is 0 Å². The maximum absolute atomic E-state index is 6.69. The fourth-order valence-electron chi connectivity index (χ4n) is 11.2. The molecule has 4 aromatic heterocycles. The van der Waals surface area contributed by atoms with E-state index in [2.05, 4.69) is 199 Å². The maximum Gasteiger partial charge on any atom is 0.164 e. The zero-order chi connectivity index (χ0) is 49.4. The van der Waals surface area contributed by atoms with Gasteiger partial charge in [-0.3, -0.25) is 0 Å². The number of furan rings is 2. The minimum Gasteiger partial charge on any atom is -0.456 e. The van der Waals surface area contributed by atoms with Gasteiger partial charge in [0.25, 0.3) is 0 Å². The second kappa shape index (κ2) is 17.3. The Morgan fingerprint density at radius 1 is 0.253 bits per heavy atom. The van der Waals surface area contributed by atoms with Crippen LogP contribution < -0.4 is 0 Å². The summed E-state index contributed by atoms with van der Waals surface area (Å²) in [5.41, 5.74) is 18.4. The van der Waals surface area contributed by atoms with Gasteiger partial charge in [0.2, 0.25) is 0 Å². The van der Waals surface area contributed by atoms with Gasteiger partial charge in [-0.25, -0.2) is 15.0 Å². The fourth-order valence-corrected chi connectivity index (χ4v) is 11.2. The second-order valence-corrected chi connectivity index (χ2v) is 19.1. The Balaban J connectivity index is 0.841. The van der Waals surface area contributed by atoms with E-state index in [0.717, 1.165) is 111 Å². The molecule has 6 heteroatoms. The summed E-state index contributed by atoms with van der Waals surface area (Å²) in [5, 5.41) is 6.68. The van der Waals surface area contributed by atoms with Crippen LogP contribution in [0.5, 0.6) is 0 Å². The van der Waals surface area contributed by atoms with Crippen molar-refractivity contribution in [1.82, 2.24) is 19.5 Å².